The normalized spacial score (nSPS) is 14.4. The minimum atomic E-state index is -3.60. The molecule has 0 unspecified atom stereocenters. The van der Waals surface area contributed by atoms with Crippen LogP contribution >= 0.6 is 0 Å². The molecule has 1 aromatic heterocycles. The molecule has 37 heavy (non-hydrogen) atoms. The Labute approximate surface area is 217 Å². The van der Waals surface area contributed by atoms with Crippen molar-refractivity contribution in [2.45, 2.75) is 11.8 Å². The van der Waals surface area contributed by atoms with Gasteiger partial charge in [-0.3, -0.25) is 0 Å². The molecule has 1 aliphatic heterocycles. The molecule has 0 saturated carbocycles. The van der Waals surface area contributed by atoms with Crippen molar-refractivity contribution >= 4 is 15.8 Å². The van der Waals surface area contributed by atoms with Crippen LogP contribution in [0.25, 0.3) is 11.3 Å². The van der Waals surface area contributed by atoms with Crippen LogP contribution in [-0.4, -0.2) is 55.7 Å². The van der Waals surface area contributed by atoms with E-state index in [0.29, 0.717) is 44.3 Å². The molecule has 0 radical (unpaired) electrons. The first-order valence-corrected chi connectivity index (χ1v) is 13.6. The molecule has 9 heteroatoms. The minimum Gasteiger partial charge on any atom is -0.494 e. The van der Waals surface area contributed by atoms with Crippen LogP contribution in [0, 0.1) is 0 Å². The molecule has 8 nitrogen and oxygen atoms in total. The third kappa shape index (κ3) is 5.73. The van der Waals surface area contributed by atoms with Crippen LogP contribution in [0.2, 0.25) is 0 Å². The van der Waals surface area contributed by atoms with Gasteiger partial charge in [-0.1, -0.05) is 18.2 Å². The number of aromatic nitrogens is 2. The van der Waals surface area contributed by atoms with Gasteiger partial charge in [-0.05, 0) is 79.7 Å². The maximum absolute atomic E-state index is 13.2. The molecule has 2 heterocycles. The summed E-state index contributed by atoms with van der Waals surface area (Å²) in [4.78, 5) is 2.30. The molecular formula is C28H28N4O4S. The monoisotopic (exact) mass is 516 g/mol. The first-order valence-electron chi connectivity index (χ1n) is 12.2. The second kappa shape index (κ2) is 11.0. The zero-order valence-electron chi connectivity index (χ0n) is 20.5. The van der Waals surface area contributed by atoms with E-state index in [4.69, 9.17) is 9.47 Å². The number of anilines is 1. The van der Waals surface area contributed by atoms with Crippen molar-refractivity contribution in [3.05, 3.63) is 91.0 Å². The highest BCUT2D eigenvalue weighted by Crippen LogP contribution is 2.26. The Morgan fingerprint density at radius 2 is 1.38 bits per heavy atom. The lowest BCUT2D eigenvalue weighted by Gasteiger charge is -2.34. The summed E-state index contributed by atoms with van der Waals surface area (Å²) < 4.78 is 39.2. The number of para-hydroxylation sites is 1. The fraction of sp³-hybridized carbons (Fsp3) is 0.214. The molecule has 0 atom stereocenters. The summed E-state index contributed by atoms with van der Waals surface area (Å²) in [6, 6.07) is 27.5. The van der Waals surface area contributed by atoms with Gasteiger partial charge in [-0.15, -0.1) is 10.2 Å². The molecule has 3 aromatic carbocycles. The summed E-state index contributed by atoms with van der Waals surface area (Å²) in [6.07, 6.45) is 0. The topological polar surface area (TPSA) is 84.9 Å². The van der Waals surface area contributed by atoms with Crippen molar-refractivity contribution in [3.8, 4) is 28.5 Å². The van der Waals surface area contributed by atoms with Gasteiger partial charge in [0.2, 0.25) is 10.0 Å². The molecule has 1 saturated heterocycles. The highest BCUT2D eigenvalue weighted by Gasteiger charge is 2.29. The van der Waals surface area contributed by atoms with Gasteiger partial charge in [0.15, 0.2) is 5.82 Å². The Hall–Kier alpha value is -3.95. The van der Waals surface area contributed by atoms with E-state index >= 15 is 0 Å². The lowest BCUT2D eigenvalue weighted by atomic mass is 10.1. The fourth-order valence-corrected chi connectivity index (χ4v) is 5.57. The molecule has 0 aliphatic carbocycles. The number of hydrogen-bond acceptors (Lipinski definition) is 7. The SMILES string of the molecule is CCOc1ccc(-c2ccc(N3CCN(S(=O)(=O)c4ccc(Oc5ccccc5)cc4)CC3)nn2)cc1. The Morgan fingerprint density at radius 1 is 0.730 bits per heavy atom. The predicted molar refractivity (Wildman–Crippen MR) is 143 cm³/mol. The molecule has 0 spiro atoms. The first kappa shape index (κ1) is 24.7. The summed E-state index contributed by atoms with van der Waals surface area (Å²) in [7, 11) is -3.60. The average Bonchev–Trinajstić information content (AvgIpc) is 2.95. The van der Waals surface area contributed by atoms with Gasteiger partial charge in [0.05, 0.1) is 17.2 Å². The summed E-state index contributed by atoms with van der Waals surface area (Å²) in [6.45, 7) is 4.38. The van der Waals surface area contributed by atoms with E-state index in [1.807, 2.05) is 73.7 Å². The first-order chi connectivity index (χ1) is 18.0. The van der Waals surface area contributed by atoms with Gasteiger partial charge in [0.25, 0.3) is 0 Å². The molecule has 1 aliphatic rings. The smallest absolute Gasteiger partial charge is 0.243 e. The Morgan fingerprint density at radius 3 is 2.00 bits per heavy atom. The van der Waals surface area contributed by atoms with E-state index in [-0.39, 0.29) is 4.90 Å². The van der Waals surface area contributed by atoms with Crippen molar-refractivity contribution in [2.75, 3.05) is 37.7 Å². The minimum absolute atomic E-state index is 0.251. The second-order valence-corrected chi connectivity index (χ2v) is 10.4. The molecule has 1 fully saturated rings. The van der Waals surface area contributed by atoms with E-state index < -0.39 is 10.0 Å². The maximum Gasteiger partial charge on any atom is 0.243 e. The number of ether oxygens (including phenoxy) is 2. The van der Waals surface area contributed by atoms with Gasteiger partial charge >= 0.3 is 0 Å². The molecule has 190 valence electrons. The average molecular weight is 517 g/mol. The Bertz CT molecular complexity index is 1400. The molecular weight excluding hydrogens is 488 g/mol. The molecule has 4 aromatic rings. The summed E-state index contributed by atoms with van der Waals surface area (Å²) in [5.74, 6) is 2.83. The number of sulfonamides is 1. The van der Waals surface area contributed by atoms with Crippen molar-refractivity contribution < 1.29 is 17.9 Å². The maximum atomic E-state index is 13.2. The van der Waals surface area contributed by atoms with Crippen LogP contribution in [0.4, 0.5) is 5.82 Å². The van der Waals surface area contributed by atoms with E-state index in [9.17, 15) is 8.42 Å². The summed E-state index contributed by atoms with van der Waals surface area (Å²) in [5.41, 5.74) is 1.73. The second-order valence-electron chi connectivity index (χ2n) is 8.51. The lowest BCUT2D eigenvalue weighted by Crippen LogP contribution is -2.48. The highest BCUT2D eigenvalue weighted by atomic mass is 32.2. The zero-order chi connectivity index (χ0) is 25.7. The number of piperazine rings is 1. The van der Waals surface area contributed by atoms with Gasteiger partial charge < -0.3 is 14.4 Å². The van der Waals surface area contributed by atoms with Crippen molar-refractivity contribution in [3.63, 3.8) is 0 Å². The molecule has 0 N–H and O–H groups in total. The van der Waals surface area contributed by atoms with Crippen molar-refractivity contribution in [1.29, 1.82) is 0 Å². The van der Waals surface area contributed by atoms with E-state index in [2.05, 4.69) is 15.1 Å². The molecule has 0 bridgehead atoms. The van der Waals surface area contributed by atoms with Gasteiger partial charge in [-0.2, -0.15) is 4.31 Å². The van der Waals surface area contributed by atoms with Crippen LogP contribution in [0.15, 0.2) is 95.9 Å². The van der Waals surface area contributed by atoms with E-state index in [0.717, 1.165) is 22.8 Å². The lowest BCUT2D eigenvalue weighted by molar-refractivity contribution is 0.340. The zero-order valence-corrected chi connectivity index (χ0v) is 21.3. The number of rotatable bonds is 8. The van der Waals surface area contributed by atoms with Crippen molar-refractivity contribution in [2.24, 2.45) is 0 Å². The van der Waals surface area contributed by atoms with Crippen LogP contribution < -0.4 is 14.4 Å². The standard InChI is InChI=1S/C28H28N4O4S/c1-2-35-23-10-8-22(9-11-23)27-16-17-28(30-29-27)31-18-20-32(21-19-31)37(33,34)26-14-12-25(13-15-26)36-24-6-4-3-5-7-24/h3-17H,2,18-21H2,1H3. The Kier molecular flexibility index (Phi) is 7.34. The number of benzene rings is 3. The van der Waals surface area contributed by atoms with Gasteiger partial charge in [0.1, 0.15) is 17.2 Å². The van der Waals surface area contributed by atoms with Crippen LogP contribution in [0.3, 0.4) is 0 Å². The van der Waals surface area contributed by atoms with Crippen LogP contribution in [0.5, 0.6) is 17.2 Å². The van der Waals surface area contributed by atoms with Crippen LogP contribution in [0.1, 0.15) is 6.92 Å². The summed E-state index contributed by atoms with van der Waals surface area (Å²) >= 11 is 0. The number of nitrogens with zero attached hydrogens (tertiary/aromatic N) is 4. The van der Waals surface area contributed by atoms with Crippen molar-refractivity contribution in [1.82, 2.24) is 14.5 Å². The van der Waals surface area contributed by atoms with E-state index in [1.165, 1.54) is 4.31 Å². The highest BCUT2D eigenvalue weighted by molar-refractivity contribution is 7.89. The van der Waals surface area contributed by atoms with Gasteiger partial charge in [0, 0.05) is 31.7 Å². The summed E-state index contributed by atoms with van der Waals surface area (Å²) in [5, 5.41) is 8.77. The molecule has 5 rings (SSSR count). The quantitative estimate of drug-likeness (QED) is 0.331. The van der Waals surface area contributed by atoms with E-state index in [1.54, 1.807) is 24.3 Å². The van der Waals surface area contributed by atoms with Crippen LogP contribution in [-0.2, 0) is 10.0 Å². The third-order valence-electron chi connectivity index (χ3n) is 6.11. The number of hydrogen-bond donors (Lipinski definition) is 0. The van der Waals surface area contributed by atoms with Gasteiger partial charge in [-0.25, -0.2) is 8.42 Å². The Balaban J connectivity index is 1.19. The largest absolute Gasteiger partial charge is 0.494 e. The fourth-order valence-electron chi connectivity index (χ4n) is 4.15. The molecule has 0 amide bonds. The third-order valence-corrected chi connectivity index (χ3v) is 8.03. The predicted octanol–water partition coefficient (Wildman–Crippen LogP) is 4.85.